The summed E-state index contributed by atoms with van der Waals surface area (Å²) in [6.07, 6.45) is 2.38. The summed E-state index contributed by atoms with van der Waals surface area (Å²) >= 11 is 0. The number of rotatable bonds is 3. The number of hydrogen-bond acceptors (Lipinski definition) is 4. The van der Waals surface area contributed by atoms with E-state index in [0.29, 0.717) is 37.3 Å². The van der Waals surface area contributed by atoms with E-state index in [2.05, 4.69) is 16.3 Å². The molecule has 0 saturated heterocycles. The summed E-state index contributed by atoms with van der Waals surface area (Å²) in [6.45, 7) is 5.97. The fourth-order valence-corrected chi connectivity index (χ4v) is 4.67. The van der Waals surface area contributed by atoms with Gasteiger partial charge >= 0.3 is 0 Å². The van der Waals surface area contributed by atoms with E-state index in [1.54, 1.807) is 0 Å². The SMILES string of the molecule is CCN(CC)C(=O)[C@@H]1C=C2c3cccc4c3[C@](O)(C[C@H]2N(C)C1)C(=O)N4. The van der Waals surface area contributed by atoms with Crippen LogP contribution in [0.2, 0.25) is 0 Å². The topological polar surface area (TPSA) is 72.9 Å². The molecular weight excluding hydrogens is 330 g/mol. The van der Waals surface area contributed by atoms with Crippen LogP contribution >= 0.6 is 0 Å². The van der Waals surface area contributed by atoms with Gasteiger partial charge in [0.1, 0.15) is 0 Å². The highest BCUT2D eigenvalue weighted by molar-refractivity contribution is 6.08. The van der Waals surface area contributed by atoms with E-state index in [1.807, 2.05) is 44.0 Å². The van der Waals surface area contributed by atoms with Crippen molar-refractivity contribution in [1.82, 2.24) is 9.80 Å². The second-order valence-electron chi connectivity index (χ2n) is 7.44. The van der Waals surface area contributed by atoms with Gasteiger partial charge in [0.2, 0.25) is 5.91 Å². The van der Waals surface area contributed by atoms with Crippen LogP contribution in [0.25, 0.3) is 5.57 Å². The lowest BCUT2D eigenvalue weighted by molar-refractivity contribution is -0.137. The average Bonchev–Trinajstić information content (AvgIpc) is 2.88. The molecule has 2 N–H and O–H groups in total. The van der Waals surface area contributed by atoms with E-state index in [1.165, 1.54) is 0 Å². The molecule has 2 amide bonds. The van der Waals surface area contributed by atoms with Crippen LogP contribution in [-0.2, 0) is 15.2 Å². The highest BCUT2D eigenvalue weighted by atomic mass is 16.3. The number of carbonyl (C=O) groups excluding carboxylic acids is 2. The van der Waals surface area contributed by atoms with Crippen molar-refractivity contribution in [2.75, 3.05) is 32.0 Å². The summed E-state index contributed by atoms with van der Waals surface area (Å²) in [5.41, 5.74) is 1.77. The molecule has 0 aromatic heterocycles. The number of benzene rings is 1. The van der Waals surface area contributed by atoms with Gasteiger partial charge in [0.15, 0.2) is 5.60 Å². The summed E-state index contributed by atoms with van der Waals surface area (Å²) in [7, 11) is 1.96. The van der Waals surface area contributed by atoms with Gasteiger partial charge < -0.3 is 15.3 Å². The molecule has 1 aliphatic carbocycles. The van der Waals surface area contributed by atoms with Crippen molar-refractivity contribution in [2.24, 2.45) is 5.92 Å². The Balaban J connectivity index is 1.82. The first kappa shape index (κ1) is 17.2. The molecule has 0 spiro atoms. The van der Waals surface area contributed by atoms with Gasteiger partial charge in [-0.1, -0.05) is 18.2 Å². The third-order valence-electron chi connectivity index (χ3n) is 6.05. The Morgan fingerprint density at radius 1 is 1.38 bits per heavy atom. The van der Waals surface area contributed by atoms with E-state index in [-0.39, 0.29) is 23.8 Å². The van der Waals surface area contributed by atoms with E-state index in [4.69, 9.17) is 0 Å². The van der Waals surface area contributed by atoms with E-state index >= 15 is 0 Å². The smallest absolute Gasteiger partial charge is 0.261 e. The molecule has 1 aromatic rings. The van der Waals surface area contributed by atoms with Gasteiger partial charge in [0, 0.05) is 43.3 Å². The quantitative estimate of drug-likeness (QED) is 0.860. The molecule has 4 rings (SSSR count). The zero-order chi connectivity index (χ0) is 18.6. The fourth-order valence-electron chi connectivity index (χ4n) is 4.67. The summed E-state index contributed by atoms with van der Waals surface area (Å²) < 4.78 is 0. The van der Waals surface area contributed by atoms with Crippen LogP contribution in [0, 0.1) is 5.92 Å². The predicted molar refractivity (Wildman–Crippen MR) is 99.4 cm³/mol. The normalized spacial score (nSPS) is 29.5. The summed E-state index contributed by atoms with van der Waals surface area (Å²) in [5, 5.41) is 13.9. The highest BCUT2D eigenvalue weighted by Crippen LogP contribution is 2.51. The van der Waals surface area contributed by atoms with Crippen molar-refractivity contribution in [2.45, 2.75) is 31.9 Å². The minimum absolute atomic E-state index is 0.0765. The average molecular weight is 355 g/mol. The zero-order valence-electron chi connectivity index (χ0n) is 15.5. The Bertz CT molecular complexity index is 815. The van der Waals surface area contributed by atoms with Gasteiger partial charge in [-0.15, -0.1) is 0 Å². The third-order valence-corrected chi connectivity index (χ3v) is 6.05. The molecule has 6 nitrogen and oxygen atoms in total. The van der Waals surface area contributed by atoms with Crippen LogP contribution in [0.1, 0.15) is 31.4 Å². The second kappa shape index (κ2) is 5.93. The van der Waals surface area contributed by atoms with Crippen LogP contribution in [0.15, 0.2) is 24.3 Å². The number of nitrogens with zero attached hydrogens (tertiary/aromatic N) is 2. The van der Waals surface area contributed by atoms with Gasteiger partial charge in [-0.25, -0.2) is 0 Å². The third kappa shape index (κ3) is 2.25. The molecule has 2 aliphatic heterocycles. The number of amides is 2. The lowest BCUT2D eigenvalue weighted by Crippen LogP contribution is -2.51. The molecule has 0 fully saturated rings. The Morgan fingerprint density at radius 3 is 2.81 bits per heavy atom. The summed E-state index contributed by atoms with van der Waals surface area (Å²) in [4.78, 5) is 29.3. The van der Waals surface area contributed by atoms with Crippen LogP contribution in [0.4, 0.5) is 5.69 Å². The Hall–Kier alpha value is -2.18. The largest absolute Gasteiger partial charge is 0.375 e. The monoisotopic (exact) mass is 355 g/mol. The van der Waals surface area contributed by atoms with Crippen LogP contribution < -0.4 is 5.32 Å². The lowest BCUT2D eigenvalue weighted by Gasteiger charge is -2.44. The molecule has 0 saturated carbocycles. The van der Waals surface area contributed by atoms with Gasteiger partial charge in [0.25, 0.3) is 5.91 Å². The van der Waals surface area contributed by atoms with Crippen molar-refractivity contribution < 1.29 is 14.7 Å². The van der Waals surface area contributed by atoms with Crippen molar-refractivity contribution in [3.8, 4) is 0 Å². The molecule has 3 atom stereocenters. The van der Waals surface area contributed by atoms with Crippen molar-refractivity contribution >= 4 is 23.1 Å². The van der Waals surface area contributed by atoms with Crippen LogP contribution in [0.3, 0.4) is 0 Å². The van der Waals surface area contributed by atoms with Crippen molar-refractivity contribution in [1.29, 1.82) is 0 Å². The summed E-state index contributed by atoms with van der Waals surface area (Å²) in [5.74, 6) is -0.428. The molecule has 26 heavy (non-hydrogen) atoms. The molecule has 138 valence electrons. The van der Waals surface area contributed by atoms with Gasteiger partial charge in [-0.2, -0.15) is 0 Å². The molecule has 0 unspecified atom stereocenters. The number of hydrogen-bond donors (Lipinski definition) is 2. The van der Waals surface area contributed by atoms with E-state index < -0.39 is 5.60 Å². The molecule has 0 bridgehead atoms. The minimum atomic E-state index is -1.49. The van der Waals surface area contributed by atoms with E-state index in [0.717, 1.165) is 11.1 Å². The van der Waals surface area contributed by atoms with Crippen molar-refractivity contribution in [3.05, 3.63) is 35.4 Å². The van der Waals surface area contributed by atoms with Crippen LogP contribution in [-0.4, -0.2) is 59.4 Å². The number of fused-ring (bicyclic) bond motifs is 2. The van der Waals surface area contributed by atoms with E-state index in [9.17, 15) is 14.7 Å². The number of nitrogens with one attached hydrogen (secondary N) is 1. The van der Waals surface area contributed by atoms with Crippen LogP contribution in [0.5, 0.6) is 0 Å². The fraction of sp³-hybridized carbons (Fsp3) is 0.500. The standard InChI is InChI=1S/C20H25N3O3/c1-4-23(5-2)18(24)12-9-14-13-7-6-8-15-17(13)20(26,19(25)21-15)10-16(14)22(3)11-12/h6-9,12,16,26H,4-5,10-11H2,1-3H3,(H,21,25)/t12-,16-,20-/m1/s1. The Morgan fingerprint density at radius 2 is 2.12 bits per heavy atom. The summed E-state index contributed by atoms with van der Waals surface area (Å²) in [6, 6.07) is 5.58. The predicted octanol–water partition coefficient (Wildman–Crippen LogP) is 1.41. The maximum absolute atomic E-state index is 12.9. The highest BCUT2D eigenvalue weighted by Gasteiger charge is 2.53. The zero-order valence-corrected chi connectivity index (χ0v) is 15.5. The number of carbonyl (C=O) groups is 2. The maximum Gasteiger partial charge on any atom is 0.261 e. The molecule has 1 aromatic carbocycles. The minimum Gasteiger partial charge on any atom is -0.375 e. The first-order valence-electron chi connectivity index (χ1n) is 9.29. The molecular formula is C20H25N3O3. The molecule has 0 radical (unpaired) electrons. The Kier molecular flexibility index (Phi) is 3.93. The lowest BCUT2D eigenvalue weighted by atomic mass is 9.72. The Labute approximate surface area is 153 Å². The first-order chi connectivity index (χ1) is 12.4. The maximum atomic E-state index is 12.9. The van der Waals surface area contributed by atoms with Gasteiger partial charge in [-0.3, -0.25) is 14.5 Å². The van der Waals surface area contributed by atoms with Crippen molar-refractivity contribution in [3.63, 3.8) is 0 Å². The van der Waals surface area contributed by atoms with Gasteiger partial charge in [-0.05, 0) is 38.1 Å². The molecule has 3 aliphatic rings. The molecule has 2 heterocycles. The van der Waals surface area contributed by atoms with Gasteiger partial charge in [0.05, 0.1) is 5.92 Å². The number of aliphatic hydroxyl groups is 1. The molecule has 6 heteroatoms. The second-order valence-corrected chi connectivity index (χ2v) is 7.44. The number of anilines is 1. The number of likely N-dealkylation sites (N-methyl/N-ethyl adjacent to an activating group) is 1. The first-order valence-corrected chi connectivity index (χ1v) is 9.29.